The van der Waals surface area contributed by atoms with E-state index in [0.717, 1.165) is 43.5 Å². The fraction of sp³-hybridized carbons (Fsp3) is 0.360. The van der Waals surface area contributed by atoms with Crippen LogP contribution >= 0.6 is 0 Å². The van der Waals surface area contributed by atoms with Gasteiger partial charge in [-0.2, -0.15) is 4.98 Å². The molecule has 2 aromatic carbocycles. The Morgan fingerprint density at radius 2 is 1.94 bits per heavy atom. The quantitative estimate of drug-likeness (QED) is 0.569. The van der Waals surface area contributed by atoms with Gasteiger partial charge in [0, 0.05) is 30.8 Å². The lowest BCUT2D eigenvalue weighted by atomic mass is 10.0. The Labute approximate surface area is 192 Å². The van der Waals surface area contributed by atoms with Gasteiger partial charge in [0.05, 0.1) is 0 Å². The number of aromatic nitrogens is 2. The summed E-state index contributed by atoms with van der Waals surface area (Å²) in [6.07, 6.45) is 4.13. The number of carbonyl (C=O) groups excluding carboxylic acids is 2. The zero-order valence-corrected chi connectivity index (χ0v) is 18.4. The van der Waals surface area contributed by atoms with Gasteiger partial charge in [0.15, 0.2) is 6.61 Å². The van der Waals surface area contributed by atoms with Gasteiger partial charge >= 0.3 is 0 Å². The molecule has 0 radical (unpaired) electrons. The van der Waals surface area contributed by atoms with Crippen molar-refractivity contribution in [1.29, 1.82) is 0 Å². The number of hydrogen-bond acceptors (Lipinski definition) is 6. The maximum Gasteiger partial charge on any atom is 0.261 e. The van der Waals surface area contributed by atoms with Gasteiger partial charge in [0.1, 0.15) is 11.8 Å². The SMILES string of the molecule is O=C1CCCN1c1cccc(-c2noc([C@H]3CCCCN3C(=O)COc3ccccc3)n2)c1. The predicted molar refractivity (Wildman–Crippen MR) is 122 cm³/mol. The van der Waals surface area contributed by atoms with Crippen molar-refractivity contribution in [3.05, 3.63) is 60.5 Å². The molecule has 2 saturated heterocycles. The van der Waals surface area contributed by atoms with Crippen LogP contribution in [0.2, 0.25) is 0 Å². The predicted octanol–water partition coefficient (Wildman–Crippen LogP) is 4.00. The number of nitrogens with zero attached hydrogens (tertiary/aromatic N) is 4. The van der Waals surface area contributed by atoms with Crippen LogP contribution in [-0.4, -0.2) is 46.6 Å². The van der Waals surface area contributed by atoms with Crippen LogP contribution in [0.4, 0.5) is 5.69 Å². The number of amides is 2. The van der Waals surface area contributed by atoms with E-state index in [4.69, 9.17) is 9.26 Å². The molecule has 2 amide bonds. The van der Waals surface area contributed by atoms with Gasteiger partial charge < -0.3 is 19.1 Å². The molecule has 2 aliphatic heterocycles. The van der Waals surface area contributed by atoms with Crippen molar-refractivity contribution in [1.82, 2.24) is 15.0 Å². The molecule has 8 nitrogen and oxygen atoms in total. The van der Waals surface area contributed by atoms with Crippen LogP contribution in [0.15, 0.2) is 59.1 Å². The fourth-order valence-corrected chi connectivity index (χ4v) is 4.45. The minimum Gasteiger partial charge on any atom is -0.484 e. The van der Waals surface area contributed by atoms with Gasteiger partial charge in [-0.3, -0.25) is 9.59 Å². The summed E-state index contributed by atoms with van der Waals surface area (Å²) in [5.41, 5.74) is 1.62. The summed E-state index contributed by atoms with van der Waals surface area (Å²) >= 11 is 0. The van der Waals surface area contributed by atoms with Gasteiger partial charge in [-0.1, -0.05) is 35.5 Å². The largest absolute Gasteiger partial charge is 0.484 e. The number of anilines is 1. The third-order valence-corrected chi connectivity index (χ3v) is 6.14. The topological polar surface area (TPSA) is 88.8 Å². The Morgan fingerprint density at radius 1 is 1.06 bits per heavy atom. The smallest absolute Gasteiger partial charge is 0.261 e. The molecule has 0 aliphatic carbocycles. The van der Waals surface area contributed by atoms with E-state index in [1.165, 1.54) is 0 Å². The Hall–Kier alpha value is -3.68. The molecule has 0 saturated carbocycles. The normalized spacial score (nSPS) is 18.5. The van der Waals surface area contributed by atoms with Gasteiger partial charge in [-0.25, -0.2) is 0 Å². The number of likely N-dealkylation sites (tertiary alicyclic amines) is 1. The molecule has 3 heterocycles. The molecule has 0 spiro atoms. The van der Waals surface area contributed by atoms with Gasteiger partial charge in [0.25, 0.3) is 5.91 Å². The number of piperidine rings is 1. The van der Waals surface area contributed by atoms with E-state index in [-0.39, 0.29) is 24.5 Å². The molecule has 3 aromatic rings. The number of hydrogen-bond donors (Lipinski definition) is 0. The molecule has 5 rings (SSSR count). The van der Waals surface area contributed by atoms with Gasteiger partial charge in [-0.15, -0.1) is 0 Å². The van der Waals surface area contributed by atoms with Crippen molar-refractivity contribution in [2.75, 3.05) is 24.6 Å². The highest BCUT2D eigenvalue weighted by Gasteiger charge is 2.32. The first-order valence-electron chi connectivity index (χ1n) is 11.4. The zero-order chi connectivity index (χ0) is 22.6. The van der Waals surface area contributed by atoms with Crippen molar-refractivity contribution < 1.29 is 18.8 Å². The third kappa shape index (κ3) is 4.60. The van der Waals surface area contributed by atoms with E-state index >= 15 is 0 Å². The molecule has 0 N–H and O–H groups in total. The average molecular weight is 447 g/mol. The summed E-state index contributed by atoms with van der Waals surface area (Å²) in [5.74, 6) is 1.58. The molecule has 1 aromatic heterocycles. The summed E-state index contributed by atoms with van der Waals surface area (Å²) in [6.45, 7) is 1.32. The van der Waals surface area contributed by atoms with E-state index in [0.29, 0.717) is 30.4 Å². The number of carbonyl (C=O) groups is 2. The van der Waals surface area contributed by atoms with Crippen LogP contribution in [0.25, 0.3) is 11.4 Å². The van der Waals surface area contributed by atoms with Crippen LogP contribution in [0.3, 0.4) is 0 Å². The van der Waals surface area contributed by atoms with Crippen LogP contribution in [-0.2, 0) is 9.59 Å². The molecular weight excluding hydrogens is 420 g/mol. The Balaban J connectivity index is 1.31. The number of rotatable bonds is 6. The molecule has 0 unspecified atom stereocenters. The maximum absolute atomic E-state index is 12.9. The Morgan fingerprint density at radius 3 is 2.76 bits per heavy atom. The van der Waals surface area contributed by atoms with E-state index < -0.39 is 0 Å². The fourth-order valence-electron chi connectivity index (χ4n) is 4.45. The minimum absolute atomic E-state index is 0.0343. The number of benzene rings is 2. The summed E-state index contributed by atoms with van der Waals surface area (Å²) < 4.78 is 11.3. The van der Waals surface area contributed by atoms with Crippen molar-refractivity contribution >= 4 is 17.5 Å². The highest BCUT2D eigenvalue weighted by molar-refractivity contribution is 5.95. The molecular formula is C25H26N4O4. The summed E-state index contributed by atoms with van der Waals surface area (Å²) in [7, 11) is 0. The van der Waals surface area contributed by atoms with Crippen LogP contribution < -0.4 is 9.64 Å². The second-order valence-electron chi connectivity index (χ2n) is 8.36. The lowest BCUT2D eigenvalue weighted by Crippen LogP contribution is -2.41. The molecule has 33 heavy (non-hydrogen) atoms. The monoisotopic (exact) mass is 446 g/mol. The van der Waals surface area contributed by atoms with E-state index in [1.807, 2.05) is 54.6 Å². The average Bonchev–Trinajstić information content (AvgIpc) is 3.53. The van der Waals surface area contributed by atoms with Gasteiger partial charge in [0.2, 0.25) is 17.6 Å². The highest BCUT2D eigenvalue weighted by atomic mass is 16.5. The summed E-state index contributed by atoms with van der Waals surface area (Å²) in [4.78, 5) is 33.2. The molecule has 8 heteroatoms. The van der Waals surface area contributed by atoms with E-state index in [2.05, 4.69) is 10.1 Å². The Bertz CT molecular complexity index is 1130. The van der Waals surface area contributed by atoms with E-state index in [9.17, 15) is 9.59 Å². The first kappa shape index (κ1) is 21.2. The van der Waals surface area contributed by atoms with Crippen LogP contribution in [0.5, 0.6) is 5.75 Å². The summed E-state index contributed by atoms with van der Waals surface area (Å²) in [5, 5.41) is 4.18. The van der Waals surface area contributed by atoms with Crippen LogP contribution in [0.1, 0.15) is 44.0 Å². The zero-order valence-electron chi connectivity index (χ0n) is 18.4. The van der Waals surface area contributed by atoms with Crippen molar-refractivity contribution in [3.63, 3.8) is 0 Å². The minimum atomic E-state index is -0.268. The standard InChI is InChI=1S/C25H26N4O4/c30-22-13-7-15-28(22)19-9-6-8-18(16-19)24-26-25(33-27-24)21-12-4-5-14-29(21)23(31)17-32-20-10-2-1-3-11-20/h1-3,6,8-11,16,21H,4-5,7,12-15,17H2/t21-/m1/s1. The molecule has 2 fully saturated rings. The lowest BCUT2D eigenvalue weighted by molar-refractivity contribution is -0.138. The maximum atomic E-state index is 12.9. The van der Waals surface area contributed by atoms with Crippen molar-refractivity contribution in [2.45, 2.75) is 38.1 Å². The van der Waals surface area contributed by atoms with E-state index in [1.54, 1.807) is 9.80 Å². The molecule has 2 aliphatic rings. The van der Waals surface area contributed by atoms with Crippen LogP contribution in [0, 0.1) is 0 Å². The molecule has 170 valence electrons. The third-order valence-electron chi connectivity index (χ3n) is 6.14. The molecule has 0 bridgehead atoms. The lowest BCUT2D eigenvalue weighted by Gasteiger charge is -2.33. The van der Waals surface area contributed by atoms with Crippen molar-refractivity contribution in [3.8, 4) is 17.1 Å². The first-order valence-corrected chi connectivity index (χ1v) is 11.4. The first-order chi connectivity index (χ1) is 16.2. The second-order valence-corrected chi connectivity index (χ2v) is 8.36. The number of ether oxygens (including phenoxy) is 1. The van der Waals surface area contributed by atoms with Gasteiger partial charge in [-0.05, 0) is 49.9 Å². The number of para-hydroxylation sites is 1. The van der Waals surface area contributed by atoms with Crippen molar-refractivity contribution in [2.24, 2.45) is 0 Å². The second kappa shape index (κ2) is 9.44. The highest BCUT2D eigenvalue weighted by Crippen LogP contribution is 2.32. The Kier molecular flexibility index (Phi) is 6.06. The summed E-state index contributed by atoms with van der Waals surface area (Å²) in [6, 6.07) is 16.7. The molecule has 1 atom stereocenters.